The van der Waals surface area contributed by atoms with E-state index < -0.39 is 5.82 Å². The Morgan fingerprint density at radius 3 is 2.32 bits per heavy atom. The highest BCUT2D eigenvalue weighted by Gasteiger charge is 2.17. The molecule has 0 radical (unpaired) electrons. The molecule has 0 spiro atoms. The molecule has 2 heterocycles. The smallest absolute Gasteiger partial charge is 0.218 e. The molecule has 0 atom stereocenters. The highest BCUT2D eigenvalue weighted by atomic mass is 35.5. The van der Waals surface area contributed by atoms with Crippen LogP contribution in [0.3, 0.4) is 0 Å². The number of halogens is 2. The number of anilines is 3. The van der Waals surface area contributed by atoms with Crippen LogP contribution in [0.2, 0.25) is 5.02 Å². The minimum atomic E-state index is -0.401. The number of benzene rings is 2. The number of carbonyl (C=O) groups excluding carboxylic acids is 1. The lowest BCUT2D eigenvalue weighted by Gasteiger charge is -2.19. The van der Waals surface area contributed by atoms with Crippen molar-refractivity contribution in [1.29, 1.82) is 0 Å². The normalized spacial score (nSPS) is 13.5. The van der Waals surface area contributed by atoms with Crippen molar-refractivity contribution in [2.75, 3.05) is 42.7 Å². The largest absolute Gasteiger partial charge is 0.398 e. The highest BCUT2D eigenvalue weighted by Crippen LogP contribution is 2.39. The zero-order valence-electron chi connectivity index (χ0n) is 19.2. The number of pyridine rings is 1. The molecular weight excluding hydrogens is 453 g/mol. The Morgan fingerprint density at radius 2 is 1.71 bits per heavy atom. The van der Waals surface area contributed by atoms with Gasteiger partial charge in [-0.3, -0.25) is 9.69 Å². The topological polar surface area (TPSA) is 65.7 Å². The van der Waals surface area contributed by atoms with Gasteiger partial charge >= 0.3 is 0 Å². The lowest BCUT2D eigenvalue weighted by molar-refractivity contribution is -0.106. The van der Waals surface area contributed by atoms with Crippen molar-refractivity contribution >= 4 is 35.2 Å². The molecule has 0 bridgehead atoms. The van der Waals surface area contributed by atoms with Crippen LogP contribution >= 0.6 is 11.6 Å². The summed E-state index contributed by atoms with van der Waals surface area (Å²) in [6.45, 7) is 1.93. The summed E-state index contributed by atoms with van der Waals surface area (Å²) in [4.78, 5) is 21.5. The Balaban J connectivity index is 1.72. The summed E-state index contributed by atoms with van der Waals surface area (Å²) >= 11 is 6.51. The number of nitrogens with two attached hydrogens (primary N) is 1. The third kappa shape index (κ3) is 4.99. The first-order valence-corrected chi connectivity index (χ1v) is 11.4. The molecule has 1 aliphatic rings. The number of aromatic nitrogens is 1. The number of rotatable bonds is 7. The first kappa shape index (κ1) is 23.6. The fraction of sp³-hybridized carbons (Fsp3) is 0.231. The van der Waals surface area contributed by atoms with E-state index in [9.17, 15) is 9.18 Å². The molecule has 0 aliphatic carbocycles. The van der Waals surface area contributed by atoms with Crippen LogP contribution in [0.4, 0.5) is 21.6 Å². The maximum Gasteiger partial charge on any atom is 0.218 e. The van der Waals surface area contributed by atoms with E-state index in [1.807, 2.05) is 31.1 Å². The number of hydrogen-bond donors (Lipinski definition) is 1. The van der Waals surface area contributed by atoms with Gasteiger partial charge < -0.3 is 15.5 Å². The van der Waals surface area contributed by atoms with E-state index in [2.05, 4.69) is 9.88 Å². The van der Waals surface area contributed by atoms with Gasteiger partial charge in [-0.1, -0.05) is 17.7 Å². The first-order valence-electron chi connectivity index (χ1n) is 11.1. The molecule has 3 aromatic rings. The minimum Gasteiger partial charge on any atom is -0.398 e. The Morgan fingerprint density at radius 1 is 1.03 bits per heavy atom. The molecule has 6 nitrogen and oxygen atoms in total. The van der Waals surface area contributed by atoms with E-state index in [4.69, 9.17) is 17.3 Å². The zero-order valence-corrected chi connectivity index (χ0v) is 20.0. The molecule has 1 amide bonds. The SMILES string of the molecule is CN(C)/C=C\N(C=O)c1ccc(-c2cc(F)cc(-c3ccnc(N4CCCC4)c3)c2N)cc1Cl. The van der Waals surface area contributed by atoms with E-state index in [-0.39, 0.29) is 0 Å². The maximum atomic E-state index is 14.7. The second kappa shape index (κ2) is 10.1. The summed E-state index contributed by atoms with van der Waals surface area (Å²) in [6, 6.07) is 11.8. The lowest BCUT2D eigenvalue weighted by atomic mass is 9.96. The van der Waals surface area contributed by atoms with Crippen LogP contribution in [0.1, 0.15) is 12.8 Å². The van der Waals surface area contributed by atoms with Gasteiger partial charge in [0.05, 0.1) is 10.7 Å². The molecule has 1 saturated heterocycles. The predicted octanol–water partition coefficient (Wildman–Crippen LogP) is 5.39. The quantitative estimate of drug-likeness (QED) is 0.363. The van der Waals surface area contributed by atoms with Gasteiger partial charge in [0.2, 0.25) is 6.41 Å². The maximum absolute atomic E-state index is 14.7. The Hall–Kier alpha value is -3.58. The summed E-state index contributed by atoms with van der Waals surface area (Å²) in [5.74, 6) is 0.467. The minimum absolute atomic E-state index is 0.346. The van der Waals surface area contributed by atoms with Gasteiger partial charge in [-0.25, -0.2) is 9.37 Å². The number of amides is 1. The zero-order chi connectivity index (χ0) is 24.2. The standard InChI is InChI=1S/C26H27ClFN5O/c1-31(2)11-12-33(17-34)24-6-5-18(13-23(24)27)21-15-20(28)16-22(26(21)29)19-7-8-30-25(14-19)32-9-3-4-10-32/h5-8,11-17H,3-4,9-10,29H2,1-2H3/b12-11-. The van der Waals surface area contributed by atoms with Gasteiger partial charge in [0.15, 0.2) is 0 Å². The molecule has 1 fully saturated rings. The fourth-order valence-electron chi connectivity index (χ4n) is 4.06. The van der Waals surface area contributed by atoms with Gasteiger partial charge in [-0.05, 0) is 60.4 Å². The van der Waals surface area contributed by atoms with Crippen molar-refractivity contribution in [3.8, 4) is 22.3 Å². The van der Waals surface area contributed by atoms with Gasteiger partial charge in [-0.15, -0.1) is 0 Å². The number of hydrogen-bond acceptors (Lipinski definition) is 5. The van der Waals surface area contributed by atoms with Crippen LogP contribution in [-0.4, -0.2) is 43.5 Å². The predicted molar refractivity (Wildman–Crippen MR) is 137 cm³/mol. The van der Waals surface area contributed by atoms with Gasteiger partial charge in [0.1, 0.15) is 11.6 Å². The average molecular weight is 480 g/mol. The van der Waals surface area contributed by atoms with Gasteiger partial charge in [0.25, 0.3) is 0 Å². The first-order chi connectivity index (χ1) is 16.4. The molecule has 0 unspecified atom stereocenters. The van der Waals surface area contributed by atoms with Crippen molar-refractivity contribution < 1.29 is 9.18 Å². The van der Waals surface area contributed by atoms with Crippen LogP contribution < -0.4 is 15.5 Å². The summed E-state index contributed by atoms with van der Waals surface area (Å²) in [7, 11) is 3.71. The Labute approximate surface area is 204 Å². The molecule has 34 heavy (non-hydrogen) atoms. The van der Waals surface area contributed by atoms with Crippen LogP contribution in [0.5, 0.6) is 0 Å². The highest BCUT2D eigenvalue weighted by molar-refractivity contribution is 6.34. The van der Waals surface area contributed by atoms with E-state index >= 15 is 0 Å². The van der Waals surface area contributed by atoms with E-state index in [0.29, 0.717) is 39.5 Å². The average Bonchev–Trinajstić information content (AvgIpc) is 3.36. The molecule has 0 saturated carbocycles. The van der Waals surface area contributed by atoms with Crippen molar-refractivity contribution in [2.45, 2.75) is 12.8 Å². The summed E-state index contributed by atoms with van der Waals surface area (Å²) < 4.78 is 14.7. The number of carbonyl (C=O) groups is 1. The van der Waals surface area contributed by atoms with Crippen LogP contribution in [0.15, 0.2) is 61.1 Å². The third-order valence-corrected chi connectivity index (χ3v) is 6.11. The van der Waals surface area contributed by atoms with Crippen LogP contribution in [-0.2, 0) is 4.79 Å². The molecule has 1 aromatic heterocycles. The van der Waals surface area contributed by atoms with Crippen molar-refractivity contribution in [3.05, 3.63) is 71.9 Å². The lowest BCUT2D eigenvalue weighted by Crippen LogP contribution is -2.18. The summed E-state index contributed by atoms with van der Waals surface area (Å²) in [5.41, 5.74) is 10.1. The molecule has 8 heteroatoms. The van der Waals surface area contributed by atoms with E-state index in [1.165, 1.54) is 17.0 Å². The number of nitrogens with zero attached hydrogens (tertiary/aromatic N) is 4. The van der Waals surface area contributed by atoms with Crippen molar-refractivity contribution in [2.24, 2.45) is 0 Å². The van der Waals surface area contributed by atoms with Crippen molar-refractivity contribution in [3.63, 3.8) is 0 Å². The second-order valence-corrected chi connectivity index (χ2v) is 8.86. The molecule has 2 aromatic carbocycles. The number of nitrogen functional groups attached to an aromatic ring is 1. The fourth-order valence-corrected chi connectivity index (χ4v) is 4.34. The van der Waals surface area contributed by atoms with Gasteiger partial charge in [-0.2, -0.15) is 0 Å². The van der Waals surface area contributed by atoms with Crippen molar-refractivity contribution in [1.82, 2.24) is 9.88 Å². The second-order valence-electron chi connectivity index (χ2n) is 8.45. The van der Waals surface area contributed by atoms with Gasteiger partial charge in [0, 0.05) is 62.6 Å². The monoisotopic (exact) mass is 479 g/mol. The summed E-state index contributed by atoms with van der Waals surface area (Å²) in [6.07, 6.45) is 8.04. The molecule has 4 rings (SSSR count). The van der Waals surface area contributed by atoms with E-state index in [1.54, 1.807) is 36.8 Å². The van der Waals surface area contributed by atoms with Crippen LogP contribution in [0.25, 0.3) is 22.3 Å². The summed E-state index contributed by atoms with van der Waals surface area (Å²) in [5, 5.41) is 0.346. The molecule has 1 aliphatic heterocycles. The van der Waals surface area contributed by atoms with E-state index in [0.717, 1.165) is 37.3 Å². The Kier molecular flexibility index (Phi) is 7.03. The molecule has 2 N–H and O–H groups in total. The molecular formula is C26H27ClFN5O. The Bertz CT molecular complexity index is 1220. The van der Waals surface area contributed by atoms with Crippen LogP contribution in [0, 0.1) is 5.82 Å². The molecule has 176 valence electrons. The third-order valence-electron chi connectivity index (χ3n) is 5.81.